The van der Waals surface area contributed by atoms with Crippen molar-refractivity contribution in [1.82, 2.24) is 0 Å². The van der Waals surface area contributed by atoms with E-state index in [4.69, 9.17) is 16.3 Å². The van der Waals surface area contributed by atoms with Crippen LogP contribution in [0.4, 0.5) is 0 Å². The number of phenolic OH excluding ortho intramolecular Hbond substituents is 1. The van der Waals surface area contributed by atoms with E-state index in [0.717, 1.165) is 29.5 Å². The van der Waals surface area contributed by atoms with E-state index in [1.165, 1.54) is 0 Å². The summed E-state index contributed by atoms with van der Waals surface area (Å²) in [6.45, 7) is 1.33. The third-order valence-corrected chi connectivity index (χ3v) is 4.47. The van der Waals surface area contributed by atoms with E-state index in [-0.39, 0.29) is 11.3 Å². The summed E-state index contributed by atoms with van der Waals surface area (Å²) in [6.07, 6.45) is 0.899. The van der Waals surface area contributed by atoms with Gasteiger partial charge in [-0.2, -0.15) is 0 Å². The van der Waals surface area contributed by atoms with Crippen LogP contribution in [0.25, 0.3) is 0 Å². The van der Waals surface area contributed by atoms with Crippen molar-refractivity contribution in [2.45, 2.75) is 24.3 Å². The van der Waals surface area contributed by atoms with E-state index in [1.807, 2.05) is 12.1 Å². The zero-order chi connectivity index (χ0) is 11.5. The molecule has 0 spiro atoms. The zero-order valence-electron chi connectivity index (χ0n) is 8.83. The second-order valence-electron chi connectivity index (χ2n) is 4.00. The van der Waals surface area contributed by atoms with E-state index in [1.54, 1.807) is 6.07 Å². The lowest BCUT2D eigenvalue weighted by molar-refractivity contribution is 0.122. The van der Waals surface area contributed by atoms with Crippen LogP contribution in [0.5, 0.6) is 5.75 Å². The molecule has 1 aromatic rings. The number of hydrogen-bond donors (Lipinski definition) is 1. The fourth-order valence-electron chi connectivity index (χ4n) is 2.09. The molecule has 0 fully saturated rings. The predicted molar refractivity (Wildman–Crippen MR) is 68.6 cm³/mol. The van der Waals surface area contributed by atoms with Gasteiger partial charge in [0, 0.05) is 17.9 Å². The van der Waals surface area contributed by atoms with Crippen LogP contribution < -0.4 is 0 Å². The smallest absolute Gasteiger partial charge is 0.115 e. The average Bonchev–Trinajstić information content (AvgIpc) is 2.50. The Balaban J connectivity index is 2.38. The van der Waals surface area contributed by atoms with Crippen molar-refractivity contribution in [3.63, 3.8) is 0 Å². The molecule has 16 heavy (non-hydrogen) atoms. The van der Waals surface area contributed by atoms with Gasteiger partial charge in [-0.25, -0.2) is 0 Å². The Hall–Kier alpha value is -0.250. The maximum Gasteiger partial charge on any atom is 0.115 e. The third-order valence-electron chi connectivity index (χ3n) is 2.94. The van der Waals surface area contributed by atoms with Crippen molar-refractivity contribution < 1.29 is 9.84 Å². The van der Waals surface area contributed by atoms with Crippen LogP contribution >= 0.6 is 27.5 Å². The highest BCUT2D eigenvalue weighted by atomic mass is 79.9. The van der Waals surface area contributed by atoms with Crippen molar-refractivity contribution >= 4 is 27.5 Å². The Morgan fingerprint density at radius 2 is 2.38 bits per heavy atom. The highest BCUT2D eigenvalue weighted by Crippen LogP contribution is 2.35. The fourth-order valence-corrected chi connectivity index (χ4v) is 2.80. The van der Waals surface area contributed by atoms with E-state index >= 15 is 0 Å². The maximum atomic E-state index is 9.56. The van der Waals surface area contributed by atoms with Gasteiger partial charge in [-0.05, 0) is 29.7 Å². The maximum absolute atomic E-state index is 9.56. The minimum atomic E-state index is 0.0299. The second-order valence-corrected chi connectivity index (χ2v) is 5.21. The van der Waals surface area contributed by atoms with Crippen LogP contribution in [0.15, 0.2) is 18.2 Å². The molecule has 1 heterocycles. The summed E-state index contributed by atoms with van der Waals surface area (Å²) in [4.78, 5) is 0. The molecule has 1 aliphatic heterocycles. The molecule has 88 valence electrons. The Kier molecular flexibility index (Phi) is 4.11. The monoisotopic (exact) mass is 304 g/mol. The van der Waals surface area contributed by atoms with Crippen molar-refractivity contribution in [3.05, 3.63) is 29.3 Å². The topological polar surface area (TPSA) is 29.5 Å². The van der Waals surface area contributed by atoms with Gasteiger partial charge in [0.2, 0.25) is 0 Å². The number of aromatic hydroxyl groups is 1. The van der Waals surface area contributed by atoms with Gasteiger partial charge in [0.15, 0.2) is 0 Å². The van der Waals surface area contributed by atoms with Gasteiger partial charge in [-0.3, -0.25) is 0 Å². The number of halogens is 2. The Labute approximate surface area is 109 Å². The minimum Gasteiger partial charge on any atom is -0.508 e. The van der Waals surface area contributed by atoms with Gasteiger partial charge in [0.25, 0.3) is 0 Å². The predicted octanol–water partition coefficient (Wildman–Crippen LogP) is 3.40. The molecule has 1 aromatic carbocycles. The summed E-state index contributed by atoms with van der Waals surface area (Å²) >= 11 is 9.72. The number of alkyl halides is 2. The van der Waals surface area contributed by atoms with Gasteiger partial charge in [0.1, 0.15) is 5.75 Å². The summed E-state index contributed by atoms with van der Waals surface area (Å²) in [7, 11) is 0. The fraction of sp³-hybridized carbons (Fsp3) is 0.500. The SMILES string of the molecule is Oc1ccc2c(c1)C(C(Cl)CBr)CCOC2. The molecule has 0 amide bonds. The first-order chi connectivity index (χ1) is 7.72. The molecule has 0 aromatic heterocycles. The highest BCUT2D eigenvalue weighted by molar-refractivity contribution is 9.09. The van der Waals surface area contributed by atoms with Gasteiger partial charge in [0.05, 0.1) is 12.0 Å². The zero-order valence-corrected chi connectivity index (χ0v) is 11.2. The molecule has 0 saturated heterocycles. The first kappa shape index (κ1) is 12.2. The quantitative estimate of drug-likeness (QED) is 0.849. The molecule has 4 heteroatoms. The van der Waals surface area contributed by atoms with Gasteiger partial charge in [-0.15, -0.1) is 11.6 Å². The second kappa shape index (κ2) is 5.39. The molecule has 1 N–H and O–H groups in total. The first-order valence-corrected chi connectivity index (χ1v) is 6.87. The average molecular weight is 306 g/mol. The first-order valence-electron chi connectivity index (χ1n) is 5.32. The molecule has 2 rings (SSSR count). The largest absolute Gasteiger partial charge is 0.508 e. The number of rotatable bonds is 2. The molecule has 0 aliphatic carbocycles. The molecule has 0 radical (unpaired) electrons. The lowest BCUT2D eigenvalue weighted by atomic mass is 9.90. The van der Waals surface area contributed by atoms with Crippen LogP contribution in [0.2, 0.25) is 0 Å². The summed E-state index contributed by atoms with van der Waals surface area (Å²) in [5.74, 6) is 0.537. The van der Waals surface area contributed by atoms with Crippen molar-refractivity contribution in [2.75, 3.05) is 11.9 Å². The molecular weight excluding hydrogens is 291 g/mol. The van der Waals surface area contributed by atoms with Crippen LogP contribution in [0.3, 0.4) is 0 Å². The Morgan fingerprint density at radius 3 is 3.12 bits per heavy atom. The molecule has 2 atom stereocenters. The summed E-state index contributed by atoms with van der Waals surface area (Å²) in [5.41, 5.74) is 2.25. The number of hydrogen-bond acceptors (Lipinski definition) is 2. The van der Waals surface area contributed by atoms with Crippen LogP contribution in [-0.2, 0) is 11.3 Å². The Bertz CT molecular complexity index is 370. The summed E-state index contributed by atoms with van der Waals surface area (Å²) < 4.78 is 5.53. The van der Waals surface area contributed by atoms with Gasteiger partial charge in [-0.1, -0.05) is 22.0 Å². The van der Waals surface area contributed by atoms with Crippen molar-refractivity contribution in [2.24, 2.45) is 0 Å². The van der Waals surface area contributed by atoms with Crippen LogP contribution in [0.1, 0.15) is 23.5 Å². The minimum absolute atomic E-state index is 0.0299. The Morgan fingerprint density at radius 1 is 1.56 bits per heavy atom. The molecular formula is C12H14BrClO2. The number of benzene rings is 1. The lowest BCUT2D eigenvalue weighted by Crippen LogP contribution is -2.15. The third kappa shape index (κ3) is 2.53. The standard InChI is InChI=1S/C12H14BrClO2/c13-6-12(14)10-3-4-16-7-8-1-2-9(15)5-11(8)10/h1-2,5,10,12,15H,3-4,6-7H2. The summed E-state index contributed by atoms with van der Waals surface area (Å²) in [5, 5.41) is 10.3. The van der Waals surface area contributed by atoms with E-state index in [2.05, 4.69) is 15.9 Å². The molecule has 0 saturated carbocycles. The lowest BCUT2D eigenvalue weighted by Gasteiger charge is -2.20. The van der Waals surface area contributed by atoms with E-state index in [9.17, 15) is 5.11 Å². The van der Waals surface area contributed by atoms with Gasteiger partial charge < -0.3 is 9.84 Å². The number of phenols is 1. The van der Waals surface area contributed by atoms with Crippen molar-refractivity contribution in [1.29, 1.82) is 0 Å². The number of ether oxygens (including phenoxy) is 1. The number of fused-ring (bicyclic) bond motifs is 1. The van der Waals surface area contributed by atoms with Gasteiger partial charge >= 0.3 is 0 Å². The molecule has 0 bridgehead atoms. The summed E-state index contributed by atoms with van der Waals surface area (Å²) in [6, 6.07) is 5.43. The van der Waals surface area contributed by atoms with Crippen LogP contribution in [0, 0.1) is 0 Å². The molecule has 2 nitrogen and oxygen atoms in total. The molecule has 1 aliphatic rings. The molecule has 2 unspecified atom stereocenters. The van der Waals surface area contributed by atoms with Crippen molar-refractivity contribution in [3.8, 4) is 5.75 Å². The normalized spacial score (nSPS) is 22.2. The highest BCUT2D eigenvalue weighted by Gasteiger charge is 2.25. The van der Waals surface area contributed by atoms with Crippen LogP contribution in [-0.4, -0.2) is 22.4 Å². The van der Waals surface area contributed by atoms with E-state index in [0.29, 0.717) is 12.4 Å². The van der Waals surface area contributed by atoms with E-state index < -0.39 is 0 Å².